The maximum Gasteiger partial charge on any atom is 0.229 e. The predicted octanol–water partition coefficient (Wildman–Crippen LogP) is 3.82. The zero-order valence-corrected chi connectivity index (χ0v) is 16.9. The molecule has 0 saturated carbocycles. The van der Waals surface area contributed by atoms with Crippen molar-refractivity contribution in [1.29, 1.82) is 5.26 Å². The molecule has 4 heterocycles. The Morgan fingerprint density at radius 2 is 2.25 bits per heavy atom. The fourth-order valence-electron chi connectivity index (χ4n) is 3.76. The SMILES string of the molecule is N#Cc1c(CN2CCCC(C(=O)Nc3ccc(Br)cn3)C2)cn2ccccc12. The van der Waals surface area contributed by atoms with E-state index in [0.29, 0.717) is 24.5 Å². The summed E-state index contributed by atoms with van der Waals surface area (Å²) in [6.45, 7) is 2.28. The highest BCUT2D eigenvalue weighted by atomic mass is 79.9. The lowest BCUT2D eigenvalue weighted by Gasteiger charge is -2.31. The topological polar surface area (TPSA) is 73.4 Å². The summed E-state index contributed by atoms with van der Waals surface area (Å²) >= 11 is 3.35. The Morgan fingerprint density at radius 3 is 3.04 bits per heavy atom. The number of pyridine rings is 2. The van der Waals surface area contributed by atoms with Gasteiger partial charge in [-0.3, -0.25) is 9.69 Å². The summed E-state index contributed by atoms with van der Waals surface area (Å²) in [5, 5.41) is 12.5. The first kappa shape index (κ1) is 18.7. The fraction of sp³-hybridized carbons (Fsp3) is 0.286. The van der Waals surface area contributed by atoms with Crippen LogP contribution in [0.3, 0.4) is 0 Å². The number of nitrogens with one attached hydrogen (secondary N) is 1. The third kappa shape index (κ3) is 3.93. The van der Waals surface area contributed by atoms with Gasteiger partial charge in [-0.1, -0.05) is 6.07 Å². The number of amides is 1. The van der Waals surface area contributed by atoms with Crippen LogP contribution in [-0.4, -0.2) is 33.3 Å². The van der Waals surface area contributed by atoms with Gasteiger partial charge in [0.1, 0.15) is 11.9 Å². The number of carbonyl (C=O) groups is 1. The second-order valence-electron chi connectivity index (χ2n) is 7.06. The van der Waals surface area contributed by atoms with Gasteiger partial charge in [-0.15, -0.1) is 0 Å². The van der Waals surface area contributed by atoms with Gasteiger partial charge in [-0.05, 0) is 59.6 Å². The molecule has 1 atom stereocenters. The molecule has 0 aliphatic carbocycles. The third-order valence-corrected chi connectivity index (χ3v) is 5.59. The number of hydrogen-bond acceptors (Lipinski definition) is 4. The summed E-state index contributed by atoms with van der Waals surface area (Å²) in [5.41, 5.74) is 2.64. The molecule has 1 unspecified atom stereocenters. The van der Waals surface area contributed by atoms with Crippen LogP contribution in [0.15, 0.2) is 53.4 Å². The molecule has 1 aliphatic rings. The number of nitrogens with zero attached hydrogens (tertiary/aromatic N) is 4. The molecule has 0 bridgehead atoms. The lowest BCUT2D eigenvalue weighted by Crippen LogP contribution is -2.40. The molecule has 6 nitrogen and oxygen atoms in total. The third-order valence-electron chi connectivity index (χ3n) is 5.12. The van der Waals surface area contributed by atoms with E-state index in [4.69, 9.17) is 0 Å². The summed E-state index contributed by atoms with van der Waals surface area (Å²) in [5.74, 6) is 0.486. The fourth-order valence-corrected chi connectivity index (χ4v) is 3.99. The zero-order valence-electron chi connectivity index (χ0n) is 15.3. The van der Waals surface area contributed by atoms with E-state index in [1.165, 1.54) is 0 Å². The van der Waals surface area contributed by atoms with Crippen LogP contribution in [0.5, 0.6) is 0 Å². The maximum atomic E-state index is 12.7. The Bertz CT molecular complexity index is 1040. The molecule has 3 aromatic heterocycles. The van der Waals surface area contributed by atoms with Gasteiger partial charge in [0, 0.05) is 41.7 Å². The number of aromatic nitrogens is 2. The summed E-state index contributed by atoms with van der Waals surface area (Å²) in [7, 11) is 0. The Hall–Kier alpha value is -2.69. The minimum absolute atomic E-state index is 0.00192. The van der Waals surface area contributed by atoms with Gasteiger partial charge in [-0.25, -0.2) is 4.98 Å². The Balaban J connectivity index is 1.45. The van der Waals surface area contributed by atoms with Crippen LogP contribution in [0.2, 0.25) is 0 Å². The zero-order chi connectivity index (χ0) is 19.5. The molecule has 28 heavy (non-hydrogen) atoms. The molecule has 4 rings (SSSR count). The number of carbonyl (C=O) groups excluding carboxylic acids is 1. The van der Waals surface area contributed by atoms with Crippen LogP contribution in [0, 0.1) is 17.2 Å². The van der Waals surface area contributed by atoms with Crippen molar-refractivity contribution in [2.75, 3.05) is 18.4 Å². The van der Waals surface area contributed by atoms with E-state index < -0.39 is 0 Å². The minimum atomic E-state index is -0.0817. The number of rotatable bonds is 4. The lowest BCUT2D eigenvalue weighted by molar-refractivity contribution is -0.121. The van der Waals surface area contributed by atoms with Crippen LogP contribution >= 0.6 is 15.9 Å². The highest BCUT2D eigenvalue weighted by Gasteiger charge is 2.27. The van der Waals surface area contributed by atoms with Gasteiger partial charge >= 0.3 is 0 Å². The van der Waals surface area contributed by atoms with Gasteiger partial charge in [0.25, 0.3) is 0 Å². The highest BCUT2D eigenvalue weighted by Crippen LogP contribution is 2.24. The van der Waals surface area contributed by atoms with E-state index in [1.807, 2.05) is 41.1 Å². The minimum Gasteiger partial charge on any atom is -0.322 e. The number of piperidine rings is 1. The molecule has 7 heteroatoms. The number of fused-ring (bicyclic) bond motifs is 1. The van der Waals surface area contributed by atoms with Crippen molar-refractivity contribution in [2.24, 2.45) is 5.92 Å². The van der Waals surface area contributed by atoms with Gasteiger partial charge in [-0.2, -0.15) is 5.26 Å². The van der Waals surface area contributed by atoms with Gasteiger partial charge in [0.15, 0.2) is 0 Å². The number of halogens is 1. The van der Waals surface area contributed by atoms with Crippen molar-refractivity contribution in [2.45, 2.75) is 19.4 Å². The molecule has 1 fully saturated rings. The van der Waals surface area contributed by atoms with Gasteiger partial charge in [0.2, 0.25) is 5.91 Å². The molecule has 0 spiro atoms. The average molecular weight is 438 g/mol. The van der Waals surface area contributed by atoms with E-state index in [0.717, 1.165) is 34.9 Å². The van der Waals surface area contributed by atoms with Crippen molar-refractivity contribution in [3.63, 3.8) is 0 Å². The second kappa shape index (κ2) is 8.13. The van der Waals surface area contributed by atoms with Crippen LogP contribution in [0.1, 0.15) is 24.0 Å². The molecule has 0 aromatic carbocycles. The van der Waals surface area contributed by atoms with Crippen molar-refractivity contribution < 1.29 is 4.79 Å². The number of nitriles is 1. The molecule has 1 saturated heterocycles. The largest absolute Gasteiger partial charge is 0.322 e. The molecule has 1 amide bonds. The van der Waals surface area contributed by atoms with Gasteiger partial charge < -0.3 is 9.72 Å². The lowest BCUT2D eigenvalue weighted by atomic mass is 9.96. The van der Waals surface area contributed by atoms with Crippen LogP contribution in [0.4, 0.5) is 5.82 Å². The molecule has 1 N–H and O–H groups in total. The van der Waals surface area contributed by atoms with Crippen molar-refractivity contribution in [3.8, 4) is 6.07 Å². The van der Waals surface area contributed by atoms with Crippen molar-refractivity contribution in [3.05, 3.63) is 64.5 Å². The number of likely N-dealkylation sites (tertiary alicyclic amines) is 1. The summed E-state index contributed by atoms with van der Waals surface area (Å²) in [4.78, 5) is 19.1. The average Bonchev–Trinajstić information content (AvgIpc) is 3.06. The monoisotopic (exact) mass is 437 g/mol. The van der Waals surface area contributed by atoms with Crippen molar-refractivity contribution in [1.82, 2.24) is 14.3 Å². The molecule has 3 aromatic rings. The van der Waals surface area contributed by atoms with E-state index in [2.05, 4.69) is 37.2 Å². The summed E-state index contributed by atoms with van der Waals surface area (Å²) in [6.07, 6.45) is 7.47. The first-order valence-corrected chi connectivity index (χ1v) is 10.1. The Kier molecular flexibility index (Phi) is 5.42. The first-order valence-electron chi connectivity index (χ1n) is 9.27. The smallest absolute Gasteiger partial charge is 0.229 e. The van der Waals surface area contributed by atoms with E-state index in [9.17, 15) is 10.1 Å². The molecule has 142 valence electrons. The first-order chi connectivity index (χ1) is 13.6. The Morgan fingerprint density at radius 1 is 1.36 bits per heavy atom. The number of anilines is 1. The Labute approximate surface area is 171 Å². The quantitative estimate of drug-likeness (QED) is 0.672. The van der Waals surface area contributed by atoms with Crippen LogP contribution in [-0.2, 0) is 11.3 Å². The van der Waals surface area contributed by atoms with E-state index in [-0.39, 0.29) is 11.8 Å². The highest BCUT2D eigenvalue weighted by molar-refractivity contribution is 9.10. The maximum absolute atomic E-state index is 12.7. The van der Waals surface area contributed by atoms with Crippen LogP contribution < -0.4 is 5.32 Å². The molecule has 1 aliphatic heterocycles. The summed E-state index contributed by atoms with van der Waals surface area (Å²) in [6, 6.07) is 11.8. The van der Waals surface area contributed by atoms with E-state index in [1.54, 1.807) is 12.3 Å². The second-order valence-corrected chi connectivity index (χ2v) is 7.98. The predicted molar refractivity (Wildman–Crippen MR) is 111 cm³/mol. The van der Waals surface area contributed by atoms with Gasteiger partial charge in [0.05, 0.1) is 17.0 Å². The van der Waals surface area contributed by atoms with E-state index >= 15 is 0 Å². The summed E-state index contributed by atoms with van der Waals surface area (Å²) < 4.78 is 2.86. The normalized spacial score (nSPS) is 17.4. The molecular weight excluding hydrogens is 418 g/mol. The van der Waals surface area contributed by atoms with Crippen molar-refractivity contribution >= 4 is 33.2 Å². The number of hydrogen-bond donors (Lipinski definition) is 1. The van der Waals surface area contributed by atoms with Crippen LogP contribution in [0.25, 0.3) is 5.52 Å². The standard InChI is InChI=1S/C21H20BrN5O/c22-17-6-7-20(24-11-17)25-21(28)15-4-3-8-26(12-15)13-16-14-27-9-2-1-5-19(27)18(16)10-23/h1-2,5-7,9,11,14-15H,3-4,8,12-13H2,(H,24,25,28). The molecular formula is C21H20BrN5O. The molecule has 0 radical (unpaired) electrons.